The molecule has 0 saturated heterocycles. The fourth-order valence-corrected chi connectivity index (χ4v) is 4.40. The first-order valence-electron chi connectivity index (χ1n) is 5.54. The topological polar surface area (TPSA) is 29.1 Å². The first-order valence-corrected chi connectivity index (χ1v) is 7.94. The maximum Gasteiger partial charge on any atom is 0.253 e. The molecule has 0 aliphatic heterocycles. The summed E-state index contributed by atoms with van der Waals surface area (Å²) in [7, 11) is 0. The second kappa shape index (κ2) is 6.63. The number of halogens is 3. The summed E-state index contributed by atoms with van der Waals surface area (Å²) in [5, 5.41) is 2.78. The molecular weight excluding hydrogens is 397 g/mol. The van der Waals surface area contributed by atoms with Crippen LogP contribution >= 0.6 is 43.2 Å². The van der Waals surface area contributed by atoms with Gasteiger partial charge in [0.1, 0.15) is 5.82 Å². The van der Waals surface area contributed by atoms with Crippen molar-refractivity contribution < 1.29 is 9.18 Å². The van der Waals surface area contributed by atoms with Crippen molar-refractivity contribution in [2.75, 3.05) is 6.54 Å². The number of carbonyl (C=O) groups is 1. The highest BCUT2D eigenvalue weighted by molar-refractivity contribution is 9.12. The fourth-order valence-electron chi connectivity index (χ4n) is 1.60. The Kier molecular flexibility index (Phi) is 5.13. The van der Waals surface area contributed by atoms with Crippen molar-refractivity contribution in [1.29, 1.82) is 0 Å². The van der Waals surface area contributed by atoms with Gasteiger partial charge < -0.3 is 5.32 Å². The quantitative estimate of drug-likeness (QED) is 0.801. The van der Waals surface area contributed by atoms with Crippen molar-refractivity contribution >= 4 is 49.1 Å². The van der Waals surface area contributed by atoms with Gasteiger partial charge in [0, 0.05) is 6.54 Å². The zero-order valence-corrected chi connectivity index (χ0v) is 13.7. The molecule has 0 radical (unpaired) electrons. The number of thiophene rings is 1. The van der Waals surface area contributed by atoms with E-state index in [2.05, 4.69) is 37.2 Å². The molecule has 1 aromatic carbocycles. The van der Waals surface area contributed by atoms with E-state index < -0.39 is 0 Å². The van der Waals surface area contributed by atoms with Gasteiger partial charge in [-0.05, 0) is 56.0 Å². The Morgan fingerprint density at radius 3 is 2.68 bits per heavy atom. The molecule has 0 saturated carbocycles. The molecule has 6 heteroatoms. The Labute approximate surface area is 131 Å². The highest BCUT2D eigenvalue weighted by Gasteiger charge is 2.13. The van der Waals surface area contributed by atoms with Crippen LogP contribution in [-0.4, -0.2) is 12.5 Å². The highest BCUT2D eigenvalue weighted by atomic mass is 79.9. The van der Waals surface area contributed by atoms with Crippen molar-refractivity contribution in [2.45, 2.75) is 6.42 Å². The Morgan fingerprint density at radius 2 is 2.05 bits per heavy atom. The van der Waals surface area contributed by atoms with Crippen LogP contribution in [0.4, 0.5) is 4.39 Å². The molecule has 0 fully saturated rings. The van der Waals surface area contributed by atoms with Crippen molar-refractivity contribution in [1.82, 2.24) is 5.32 Å². The molecule has 1 heterocycles. The van der Waals surface area contributed by atoms with Crippen LogP contribution in [0.25, 0.3) is 0 Å². The maximum absolute atomic E-state index is 13.4. The predicted molar refractivity (Wildman–Crippen MR) is 82.2 cm³/mol. The van der Waals surface area contributed by atoms with Crippen LogP contribution in [0.3, 0.4) is 0 Å². The Morgan fingerprint density at radius 1 is 1.32 bits per heavy atom. The summed E-state index contributed by atoms with van der Waals surface area (Å²) in [6.45, 7) is 0.402. The minimum atomic E-state index is -0.240. The average Bonchev–Trinajstić information content (AvgIpc) is 2.71. The van der Waals surface area contributed by atoms with Crippen molar-refractivity contribution in [2.24, 2.45) is 0 Å². The van der Waals surface area contributed by atoms with Crippen LogP contribution in [0.5, 0.6) is 0 Å². The lowest BCUT2D eigenvalue weighted by Gasteiger charge is -2.05. The number of nitrogens with one attached hydrogen (secondary N) is 1. The van der Waals surface area contributed by atoms with Gasteiger partial charge in [-0.25, -0.2) is 4.39 Å². The van der Waals surface area contributed by atoms with Crippen LogP contribution in [-0.2, 0) is 6.42 Å². The number of benzene rings is 1. The van der Waals surface area contributed by atoms with E-state index in [1.54, 1.807) is 24.3 Å². The van der Waals surface area contributed by atoms with Crippen molar-refractivity contribution in [3.63, 3.8) is 0 Å². The lowest BCUT2D eigenvalue weighted by Crippen LogP contribution is -2.25. The molecule has 0 spiro atoms. The van der Waals surface area contributed by atoms with Crippen LogP contribution in [0, 0.1) is 5.82 Å². The van der Waals surface area contributed by atoms with Crippen LogP contribution in [0.2, 0.25) is 0 Å². The molecule has 0 unspecified atom stereocenters. The van der Waals surface area contributed by atoms with Crippen molar-refractivity contribution in [3.8, 4) is 0 Å². The Hall–Kier alpha value is -0.720. The standard InChI is InChI=1S/C13H10Br2FNOS/c14-11-7-9(12(15)19-11)13(18)17-6-5-8-3-1-2-4-10(8)16/h1-4,7H,5-6H2,(H,17,18). The van der Waals surface area contributed by atoms with E-state index in [1.807, 2.05) is 0 Å². The largest absolute Gasteiger partial charge is 0.352 e. The second-order valence-electron chi connectivity index (χ2n) is 3.84. The summed E-state index contributed by atoms with van der Waals surface area (Å²) in [6.07, 6.45) is 0.474. The summed E-state index contributed by atoms with van der Waals surface area (Å²) < 4.78 is 15.0. The molecule has 2 rings (SSSR count). The number of rotatable bonds is 4. The molecule has 0 aliphatic carbocycles. The third kappa shape index (κ3) is 3.87. The lowest BCUT2D eigenvalue weighted by atomic mass is 10.1. The van der Waals surface area contributed by atoms with Gasteiger partial charge >= 0.3 is 0 Å². The number of amides is 1. The van der Waals surface area contributed by atoms with Crippen LogP contribution in [0.15, 0.2) is 37.9 Å². The molecule has 0 bridgehead atoms. The first kappa shape index (κ1) is 14.7. The van der Waals surface area contributed by atoms with Gasteiger partial charge in [0.2, 0.25) is 0 Å². The summed E-state index contributed by atoms with van der Waals surface area (Å²) in [4.78, 5) is 11.9. The molecule has 2 aromatic rings. The van der Waals surface area contributed by atoms with Crippen molar-refractivity contribution in [3.05, 3.63) is 54.8 Å². The fraction of sp³-hybridized carbons (Fsp3) is 0.154. The third-order valence-corrected chi connectivity index (χ3v) is 4.88. The van der Waals surface area contributed by atoms with Crippen LogP contribution < -0.4 is 5.32 Å². The molecule has 19 heavy (non-hydrogen) atoms. The molecule has 0 aliphatic rings. The molecule has 1 N–H and O–H groups in total. The zero-order chi connectivity index (χ0) is 13.8. The summed E-state index contributed by atoms with van der Waals surface area (Å²) in [5.41, 5.74) is 1.19. The summed E-state index contributed by atoms with van der Waals surface area (Å²) in [5.74, 6) is -0.402. The van der Waals surface area contributed by atoms with E-state index in [0.29, 0.717) is 24.1 Å². The number of hydrogen-bond acceptors (Lipinski definition) is 2. The molecule has 100 valence electrons. The van der Waals surface area contributed by atoms with Gasteiger partial charge in [-0.15, -0.1) is 11.3 Å². The molecular formula is C13H10Br2FNOS. The second-order valence-corrected chi connectivity index (χ2v) is 7.58. The third-order valence-electron chi connectivity index (χ3n) is 2.54. The first-order chi connectivity index (χ1) is 9.08. The predicted octanol–water partition coefficient (Wildman–Crippen LogP) is 4.38. The highest BCUT2D eigenvalue weighted by Crippen LogP contribution is 2.31. The summed E-state index contributed by atoms with van der Waals surface area (Å²) in [6, 6.07) is 8.33. The lowest BCUT2D eigenvalue weighted by molar-refractivity contribution is 0.0954. The molecule has 1 aromatic heterocycles. The van der Waals surface area contributed by atoms with E-state index in [4.69, 9.17) is 0 Å². The normalized spacial score (nSPS) is 10.5. The van der Waals surface area contributed by atoms with E-state index >= 15 is 0 Å². The molecule has 0 atom stereocenters. The monoisotopic (exact) mass is 405 g/mol. The Balaban J connectivity index is 1.91. The van der Waals surface area contributed by atoms with E-state index in [9.17, 15) is 9.18 Å². The Bertz CT molecular complexity index is 600. The van der Waals surface area contributed by atoms with Gasteiger partial charge in [-0.3, -0.25) is 4.79 Å². The summed E-state index contributed by atoms with van der Waals surface area (Å²) >= 11 is 8.10. The minimum Gasteiger partial charge on any atom is -0.352 e. The smallest absolute Gasteiger partial charge is 0.253 e. The van der Waals surface area contributed by atoms with E-state index in [1.165, 1.54) is 17.4 Å². The average molecular weight is 407 g/mol. The van der Waals surface area contributed by atoms with Crippen LogP contribution in [0.1, 0.15) is 15.9 Å². The van der Waals surface area contributed by atoms with Gasteiger partial charge in [-0.2, -0.15) is 0 Å². The minimum absolute atomic E-state index is 0.162. The van der Waals surface area contributed by atoms with Gasteiger partial charge in [0.15, 0.2) is 0 Å². The number of carbonyl (C=O) groups excluding carboxylic acids is 1. The van der Waals surface area contributed by atoms with E-state index in [-0.39, 0.29) is 11.7 Å². The van der Waals surface area contributed by atoms with E-state index in [0.717, 1.165) is 7.57 Å². The number of hydrogen-bond donors (Lipinski definition) is 1. The van der Waals surface area contributed by atoms with Gasteiger partial charge in [0.05, 0.1) is 13.1 Å². The molecule has 2 nitrogen and oxygen atoms in total. The zero-order valence-electron chi connectivity index (χ0n) is 9.75. The van der Waals surface area contributed by atoms with Gasteiger partial charge in [0.25, 0.3) is 5.91 Å². The maximum atomic E-state index is 13.4. The SMILES string of the molecule is O=C(NCCc1ccccc1F)c1cc(Br)sc1Br. The molecule has 1 amide bonds. The van der Waals surface area contributed by atoms with Gasteiger partial charge in [-0.1, -0.05) is 18.2 Å².